The highest BCUT2D eigenvalue weighted by Gasteiger charge is 2.15. The Bertz CT molecular complexity index is 700. The highest BCUT2D eigenvalue weighted by atomic mass is 16.6. The molecule has 1 aromatic carbocycles. The molecule has 1 N–H and O–H groups in total. The van der Waals surface area contributed by atoms with E-state index in [-0.39, 0.29) is 0 Å². The summed E-state index contributed by atoms with van der Waals surface area (Å²) in [4.78, 5) is 6.84. The summed E-state index contributed by atoms with van der Waals surface area (Å²) in [5, 5.41) is 3.46. The van der Waals surface area contributed by atoms with Crippen LogP contribution < -0.4 is 19.7 Å². The molecule has 25 heavy (non-hydrogen) atoms. The van der Waals surface area contributed by atoms with E-state index >= 15 is 0 Å². The van der Waals surface area contributed by atoms with E-state index in [1.807, 2.05) is 18.3 Å². The zero-order valence-electron chi connectivity index (χ0n) is 14.2. The summed E-state index contributed by atoms with van der Waals surface area (Å²) in [6, 6.07) is 10.2. The minimum absolute atomic E-state index is 0.608. The third-order valence-electron chi connectivity index (χ3n) is 4.44. The first kappa shape index (κ1) is 16.2. The maximum absolute atomic E-state index is 5.75. The number of rotatable bonds is 5. The zero-order chi connectivity index (χ0) is 16.9. The van der Waals surface area contributed by atoms with Gasteiger partial charge in [0, 0.05) is 37.9 Å². The van der Waals surface area contributed by atoms with Crippen molar-refractivity contribution in [1.82, 2.24) is 10.3 Å². The van der Waals surface area contributed by atoms with Gasteiger partial charge >= 0.3 is 0 Å². The quantitative estimate of drug-likeness (QED) is 0.897. The van der Waals surface area contributed by atoms with Crippen molar-refractivity contribution in [2.75, 3.05) is 44.4 Å². The number of para-hydroxylation sites is 1. The lowest BCUT2D eigenvalue weighted by molar-refractivity contribution is 0.122. The Balaban J connectivity index is 1.33. The van der Waals surface area contributed by atoms with Gasteiger partial charge in [-0.3, -0.25) is 0 Å². The number of hydrogen-bond acceptors (Lipinski definition) is 6. The summed E-state index contributed by atoms with van der Waals surface area (Å²) in [6.45, 7) is 6.09. The second-order valence-electron chi connectivity index (χ2n) is 6.17. The molecule has 0 spiro atoms. The molecule has 2 aromatic rings. The molecule has 0 saturated carbocycles. The smallest absolute Gasteiger partial charge is 0.165 e. The molecule has 2 aliphatic rings. The topological polar surface area (TPSA) is 55.9 Å². The van der Waals surface area contributed by atoms with E-state index in [0.717, 1.165) is 62.3 Å². The minimum atomic E-state index is 0.608. The van der Waals surface area contributed by atoms with E-state index in [0.29, 0.717) is 13.2 Å². The number of nitrogens with one attached hydrogen (secondary N) is 1. The molecule has 1 fully saturated rings. The highest BCUT2D eigenvalue weighted by molar-refractivity contribution is 5.47. The van der Waals surface area contributed by atoms with Gasteiger partial charge in [-0.1, -0.05) is 18.2 Å². The second-order valence-corrected chi connectivity index (χ2v) is 6.17. The third kappa shape index (κ3) is 3.86. The maximum Gasteiger partial charge on any atom is 0.165 e. The predicted octanol–water partition coefficient (Wildman–Crippen LogP) is 1.98. The first-order valence-corrected chi connectivity index (χ1v) is 8.76. The average molecular weight is 341 g/mol. The standard InChI is InChI=1S/C19H23N3O3/c1-2-16(19-17(3-1)24-10-11-25-19)14-20-12-15-4-5-18(21-13-15)22-6-8-23-9-7-22/h1-5,13,20H,6-12,14H2. The van der Waals surface area contributed by atoms with Crippen molar-refractivity contribution in [2.24, 2.45) is 0 Å². The average Bonchev–Trinajstić information content (AvgIpc) is 2.69. The number of ether oxygens (including phenoxy) is 3. The third-order valence-corrected chi connectivity index (χ3v) is 4.44. The summed E-state index contributed by atoms with van der Waals surface area (Å²) in [5.74, 6) is 2.72. The van der Waals surface area contributed by atoms with Crippen LogP contribution in [0.15, 0.2) is 36.5 Å². The van der Waals surface area contributed by atoms with Crippen molar-refractivity contribution in [3.63, 3.8) is 0 Å². The van der Waals surface area contributed by atoms with Gasteiger partial charge in [0.1, 0.15) is 19.0 Å². The van der Waals surface area contributed by atoms with Crippen molar-refractivity contribution >= 4 is 5.82 Å². The Morgan fingerprint density at radius 2 is 1.84 bits per heavy atom. The van der Waals surface area contributed by atoms with Crippen LogP contribution in [0.1, 0.15) is 11.1 Å². The van der Waals surface area contributed by atoms with Crippen molar-refractivity contribution in [3.05, 3.63) is 47.7 Å². The molecule has 1 aromatic heterocycles. The molecule has 0 aliphatic carbocycles. The Hall–Kier alpha value is -2.31. The van der Waals surface area contributed by atoms with Crippen molar-refractivity contribution < 1.29 is 14.2 Å². The number of hydrogen-bond donors (Lipinski definition) is 1. The van der Waals surface area contributed by atoms with Crippen LogP contribution in [0.25, 0.3) is 0 Å². The normalized spacial score (nSPS) is 16.7. The second kappa shape index (κ2) is 7.72. The van der Waals surface area contributed by atoms with Crippen LogP contribution in [0.4, 0.5) is 5.82 Å². The SMILES string of the molecule is c1cc(CNCc2ccc(N3CCOCC3)nc2)c2c(c1)OCCO2. The number of fused-ring (bicyclic) bond motifs is 1. The van der Waals surface area contributed by atoms with Gasteiger partial charge in [-0.25, -0.2) is 4.98 Å². The first-order chi connectivity index (χ1) is 12.4. The number of nitrogens with zero attached hydrogens (tertiary/aromatic N) is 2. The molecule has 4 rings (SSSR count). The Morgan fingerprint density at radius 1 is 0.960 bits per heavy atom. The number of pyridine rings is 1. The fourth-order valence-electron chi connectivity index (χ4n) is 3.12. The fraction of sp³-hybridized carbons (Fsp3) is 0.421. The van der Waals surface area contributed by atoms with Crippen LogP contribution in [0.3, 0.4) is 0 Å². The summed E-state index contributed by atoms with van der Waals surface area (Å²) in [7, 11) is 0. The molecular weight excluding hydrogens is 318 g/mol. The van der Waals surface area contributed by atoms with Gasteiger partial charge in [0.15, 0.2) is 11.5 Å². The summed E-state index contributed by atoms with van der Waals surface area (Å²) >= 11 is 0. The lowest BCUT2D eigenvalue weighted by Crippen LogP contribution is -2.36. The lowest BCUT2D eigenvalue weighted by atomic mass is 10.1. The van der Waals surface area contributed by atoms with E-state index in [1.54, 1.807) is 0 Å². The fourth-order valence-corrected chi connectivity index (χ4v) is 3.12. The van der Waals surface area contributed by atoms with Crippen LogP contribution in [0.2, 0.25) is 0 Å². The van der Waals surface area contributed by atoms with Crippen molar-refractivity contribution in [2.45, 2.75) is 13.1 Å². The van der Waals surface area contributed by atoms with Gasteiger partial charge in [-0.15, -0.1) is 0 Å². The largest absolute Gasteiger partial charge is 0.486 e. The molecule has 0 amide bonds. The molecule has 0 bridgehead atoms. The number of anilines is 1. The number of benzene rings is 1. The lowest BCUT2D eigenvalue weighted by Gasteiger charge is -2.27. The van der Waals surface area contributed by atoms with E-state index < -0.39 is 0 Å². The summed E-state index contributed by atoms with van der Waals surface area (Å²) in [5.41, 5.74) is 2.29. The zero-order valence-corrected chi connectivity index (χ0v) is 14.2. The van der Waals surface area contributed by atoms with E-state index in [9.17, 15) is 0 Å². The Morgan fingerprint density at radius 3 is 2.68 bits per heavy atom. The molecule has 0 atom stereocenters. The highest BCUT2D eigenvalue weighted by Crippen LogP contribution is 2.33. The van der Waals surface area contributed by atoms with Gasteiger partial charge in [-0.05, 0) is 17.7 Å². The first-order valence-electron chi connectivity index (χ1n) is 8.76. The molecule has 6 heteroatoms. The van der Waals surface area contributed by atoms with Crippen molar-refractivity contribution in [1.29, 1.82) is 0 Å². The molecule has 132 valence electrons. The predicted molar refractivity (Wildman–Crippen MR) is 95.2 cm³/mol. The molecular formula is C19H23N3O3. The maximum atomic E-state index is 5.75. The number of morpholine rings is 1. The summed E-state index contributed by atoms with van der Waals surface area (Å²) in [6.07, 6.45) is 1.94. The Labute approximate surface area is 147 Å². The molecule has 0 unspecified atom stereocenters. The molecule has 3 heterocycles. The number of aromatic nitrogens is 1. The van der Waals surface area contributed by atoms with Gasteiger partial charge in [0.2, 0.25) is 0 Å². The summed E-state index contributed by atoms with van der Waals surface area (Å²) < 4.78 is 16.8. The van der Waals surface area contributed by atoms with Gasteiger partial charge in [0.25, 0.3) is 0 Å². The van der Waals surface area contributed by atoms with Gasteiger partial charge in [-0.2, -0.15) is 0 Å². The van der Waals surface area contributed by atoms with Gasteiger partial charge < -0.3 is 24.4 Å². The van der Waals surface area contributed by atoms with E-state index in [4.69, 9.17) is 14.2 Å². The van der Waals surface area contributed by atoms with Crippen LogP contribution in [-0.2, 0) is 17.8 Å². The monoisotopic (exact) mass is 341 g/mol. The molecule has 6 nitrogen and oxygen atoms in total. The molecule has 2 aliphatic heterocycles. The van der Waals surface area contributed by atoms with Crippen LogP contribution in [0.5, 0.6) is 11.5 Å². The van der Waals surface area contributed by atoms with Crippen molar-refractivity contribution in [3.8, 4) is 11.5 Å². The van der Waals surface area contributed by atoms with E-state index in [1.165, 1.54) is 5.56 Å². The molecule has 0 radical (unpaired) electrons. The Kier molecular flexibility index (Phi) is 4.99. The van der Waals surface area contributed by atoms with Crippen LogP contribution >= 0.6 is 0 Å². The van der Waals surface area contributed by atoms with Crippen LogP contribution in [-0.4, -0.2) is 44.5 Å². The van der Waals surface area contributed by atoms with E-state index in [2.05, 4.69) is 33.4 Å². The van der Waals surface area contributed by atoms with Crippen LogP contribution in [0, 0.1) is 0 Å². The van der Waals surface area contributed by atoms with Gasteiger partial charge in [0.05, 0.1) is 13.2 Å². The minimum Gasteiger partial charge on any atom is -0.486 e. The molecule has 1 saturated heterocycles.